The SMILES string of the molecule is COc1cc(C=NNC(=O)c2c(-c3ccccc3)nnn2-c2nonc2N)ccc1OCc1ccc(Cl)cc1Cl. The van der Waals surface area contributed by atoms with Gasteiger partial charge in [0.1, 0.15) is 12.3 Å². The Morgan fingerprint density at radius 2 is 1.93 bits per heavy atom. The molecule has 5 aromatic rings. The number of ether oxygens (including phenoxy) is 2. The van der Waals surface area contributed by atoms with Gasteiger partial charge in [-0.1, -0.05) is 64.8 Å². The van der Waals surface area contributed by atoms with Gasteiger partial charge < -0.3 is 15.2 Å². The highest BCUT2D eigenvalue weighted by Crippen LogP contribution is 2.30. The number of nitrogens with two attached hydrogens (primary N) is 1. The van der Waals surface area contributed by atoms with Crippen LogP contribution in [-0.2, 0) is 6.61 Å². The van der Waals surface area contributed by atoms with Crippen molar-refractivity contribution in [1.29, 1.82) is 0 Å². The molecule has 3 aromatic carbocycles. The predicted molar refractivity (Wildman–Crippen MR) is 148 cm³/mol. The summed E-state index contributed by atoms with van der Waals surface area (Å²) in [6.45, 7) is 0.215. The third kappa shape index (κ3) is 5.72. The van der Waals surface area contributed by atoms with Gasteiger partial charge in [0.25, 0.3) is 5.91 Å². The fourth-order valence-corrected chi connectivity index (χ4v) is 4.12. The number of nitrogens with one attached hydrogen (secondary N) is 1. The molecule has 202 valence electrons. The monoisotopic (exact) mass is 578 g/mol. The summed E-state index contributed by atoms with van der Waals surface area (Å²) in [5, 5.41) is 20.6. The van der Waals surface area contributed by atoms with Gasteiger partial charge in [-0.3, -0.25) is 4.79 Å². The first-order chi connectivity index (χ1) is 19.4. The van der Waals surface area contributed by atoms with Crippen molar-refractivity contribution in [3.63, 3.8) is 0 Å². The molecule has 0 unspecified atom stereocenters. The lowest BCUT2D eigenvalue weighted by atomic mass is 10.1. The molecule has 0 aliphatic rings. The number of carbonyl (C=O) groups excluding carboxylic acids is 1. The minimum Gasteiger partial charge on any atom is -0.493 e. The van der Waals surface area contributed by atoms with Crippen LogP contribution in [0.3, 0.4) is 0 Å². The number of halogens is 2. The Labute approximate surface area is 237 Å². The normalized spacial score (nSPS) is 11.1. The number of amides is 1. The van der Waals surface area contributed by atoms with E-state index in [0.29, 0.717) is 38.4 Å². The molecule has 0 fully saturated rings. The molecule has 2 aromatic heterocycles. The lowest BCUT2D eigenvalue weighted by Crippen LogP contribution is -2.22. The van der Waals surface area contributed by atoms with Gasteiger partial charge in [0.2, 0.25) is 11.6 Å². The van der Waals surface area contributed by atoms with Crippen LogP contribution in [0.4, 0.5) is 5.82 Å². The average molecular weight is 579 g/mol. The van der Waals surface area contributed by atoms with Crippen LogP contribution in [0.15, 0.2) is 76.5 Å². The maximum absolute atomic E-state index is 13.3. The van der Waals surface area contributed by atoms with E-state index in [-0.39, 0.29) is 23.9 Å². The van der Waals surface area contributed by atoms with Crippen molar-refractivity contribution in [2.45, 2.75) is 6.61 Å². The summed E-state index contributed by atoms with van der Waals surface area (Å²) in [6, 6.07) is 19.4. The maximum Gasteiger partial charge on any atom is 0.292 e. The molecule has 0 spiro atoms. The van der Waals surface area contributed by atoms with Gasteiger partial charge in [-0.05, 0) is 46.2 Å². The van der Waals surface area contributed by atoms with Crippen LogP contribution in [-0.4, -0.2) is 44.5 Å². The first kappa shape index (κ1) is 26.7. The maximum atomic E-state index is 13.3. The van der Waals surface area contributed by atoms with Gasteiger partial charge in [0.15, 0.2) is 17.2 Å². The van der Waals surface area contributed by atoms with Gasteiger partial charge in [0, 0.05) is 21.2 Å². The standard InChI is InChI=1S/C26H20Cl2N8O4/c1-38-21-11-15(7-10-20(21)39-14-17-8-9-18(27)12-19(17)28)13-30-32-26(37)23-22(16-5-3-2-4-6-16)31-35-36(23)25-24(29)33-40-34-25/h2-13H,14H2,1H3,(H2,29,33)(H,32,37). The van der Waals surface area contributed by atoms with E-state index >= 15 is 0 Å². The number of benzene rings is 3. The van der Waals surface area contributed by atoms with Gasteiger partial charge in [-0.15, -0.1) is 5.10 Å². The zero-order valence-corrected chi connectivity index (χ0v) is 22.3. The van der Waals surface area contributed by atoms with E-state index in [9.17, 15) is 4.79 Å². The summed E-state index contributed by atoms with van der Waals surface area (Å²) in [5.74, 6) is 0.298. The highest BCUT2D eigenvalue weighted by molar-refractivity contribution is 6.35. The van der Waals surface area contributed by atoms with Crippen molar-refractivity contribution >= 4 is 41.1 Å². The van der Waals surface area contributed by atoms with Crippen molar-refractivity contribution in [2.75, 3.05) is 12.8 Å². The summed E-state index contributed by atoms with van der Waals surface area (Å²) < 4.78 is 17.1. The summed E-state index contributed by atoms with van der Waals surface area (Å²) in [4.78, 5) is 13.3. The van der Waals surface area contributed by atoms with Crippen LogP contribution in [0.2, 0.25) is 10.0 Å². The molecule has 5 rings (SSSR count). The molecule has 12 nitrogen and oxygen atoms in total. The Kier molecular flexibility index (Phi) is 7.89. The number of nitrogen functional groups attached to an aromatic ring is 1. The number of hydrogen-bond acceptors (Lipinski definition) is 10. The molecule has 14 heteroatoms. The minimum absolute atomic E-state index is 0.0176. The van der Waals surface area contributed by atoms with Crippen LogP contribution in [0.5, 0.6) is 11.5 Å². The second kappa shape index (κ2) is 11.8. The van der Waals surface area contributed by atoms with Gasteiger partial charge in [-0.2, -0.15) is 9.78 Å². The largest absolute Gasteiger partial charge is 0.493 e. The number of hydrazone groups is 1. The lowest BCUT2D eigenvalue weighted by Gasteiger charge is -2.12. The molecule has 0 saturated heterocycles. The van der Waals surface area contributed by atoms with Crippen LogP contribution in [0.25, 0.3) is 17.1 Å². The van der Waals surface area contributed by atoms with Crippen LogP contribution in [0, 0.1) is 0 Å². The number of aromatic nitrogens is 5. The summed E-state index contributed by atoms with van der Waals surface area (Å²) in [7, 11) is 1.52. The average Bonchev–Trinajstić information content (AvgIpc) is 3.59. The Bertz CT molecular complexity index is 1690. The molecule has 0 bridgehead atoms. The summed E-state index contributed by atoms with van der Waals surface area (Å²) >= 11 is 12.2. The zero-order valence-electron chi connectivity index (χ0n) is 20.8. The van der Waals surface area contributed by atoms with E-state index in [2.05, 4.69) is 35.8 Å². The van der Waals surface area contributed by atoms with Gasteiger partial charge in [0.05, 0.1) is 13.3 Å². The second-order valence-electron chi connectivity index (χ2n) is 8.17. The Balaban J connectivity index is 1.34. The first-order valence-electron chi connectivity index (χ1n) is 11.6. The third-order valence-corrected chi connectivity index (χ3v) is 6.18. The Morgan fingerprint density at radius 3 is 2.65 bits per heavy atom. The molecule has 0 aliphatic carbocycles. The molecule has 0 saturated carbocycles. The number of hydrogen-bond donors (Lipinski definition) is 2. The van der Waals surface area contributed by atoms with Crippen LogP contribution in [0.1, 0.15) is 21.6 Å². The molecular weight excluding hydrogens is 559 g/mol. The second-order valence-corrected chi connectivity index (χ2v) is 9.02. The fourth-order valence-electron chi connectivity index (χ4n) is 3.66. The van der Waals surface area contributed by atoms with Crippen LogP contribution >= 0.6 is 23.2 Å². The minimum atomic E-state index is -0.616. The highest BCUT2D eigenvalue weighted by Gasteiger charge is 2.25. The van der Waals surface area contributed by atoms with Crippen molar-refractivity contribution in [2.24, 2.45) is 5.10 Å². The number of nitrogens with zero attached hydrogens (tertiary/aromatic N) is 6. The van der Waals surface area contributed by atoms with E-state index in [1.165, 1.54) is 13.3 Å². The molecule has 2 heterocycles. The Hall–Kier alpha value is -4.94. The molecule has 40 heavy (non-hydrogen) atoms. The van der Waals surface area contributed by atoms with E-state index in [4.69, 9.17) is 38.4 Å². The zero-order chi connectivity index (χ0) is 28.1. The van der Waals surface area contributed by atoms with Crippen molar-refractivity contribution in [1.82, 2.24) is 30.7 Å². The Morgan fingerprint density at radius 1 is 1.10 bits per heavy atom. The summed E-state index contributed by atoms with van der Waals surface area (Å²) in [5.41, 5.74) is 10.7. The van der Waals surface area contributed by atoms with Crippen molar-refractivity contribution < 1.29 is 18.9 Å². The van der Waals surface area contributed by atoms with E-state index < -0.39 is 5.91 Å². The fraction of sp³-hybridized carbons (Fsp3) is 0.0769. The van der Waals surface area contributed by atoms with Gasteiger partial charge in [-0.25, -0.2) is 10.1 Å². The number of anilines is 1. The smallest absolute Gasteiger partial charge is 0.292 e. The quantitative estimate of drug-likeness (QED) is 0.189. The summed E-state index contributed by atoms with van der Waals surface area (Å²) in [6.07, 6.45) is 1.45. The number of methoxy groups -OCH3 is 1. The van der Waals surface area contributed by atoms with Crippen LogP contribution < -0.4 is 20.6 Å². The third-order valence-electron chi connectivity index (χ3n) is 5.59. The van der Waals surface area contributed by atoms with Crippen molar-refractivity contribution in [3.05, 3.63) is 93.6 Å². The molecule has 3 N–H and O–H groups in total. The van der Waals surface area contributed by atoms with E-state index in [0.717, 1.165) is 10.2 Å². The van der Waals surface area contributed by atoms with Crippen molar-refractivity contribution in [3.8, 4) is 28.6 Å². The molecule has 0 atom stereocenters. The molecule has 1 amide bonds. The topological polar surface area (TPSA) is 156 Å². The molecular formula is C26H20Cl2N8O4. The first-order valence-corrected chi connectivity index (χ1v) is 12.4. The number of rotatable bonds is 9. The van der Waals surface area contributed by atoms with Gasteiger partial charge >= 0.3 is 0 Å². The predicted octanol–water partition coefficient (Wildman–Crippen LogP) is 4.56. The number of carbonyl (C=O) groups is 1. The molecule has 0 radical (unpaired) electrons. The highest BCUT2D eigenvalue weighted by atomic mass is 35.5. The molecule has 0 aliphatic heterocycles. The van der Waals surface area contributed by atoms with E-state index in [1.54, 1.807) is 48.5 Å². The van der Waals surface area contributed by atoms with E-state index in [1.807, 2.05) is 18.2 Å². The lowest BCUT2D eigenvalue weighted by molar-refractivity contribution is 0.0947.